The highest BCUT2D eigenvalue weighted by Crippen LogP contribution is 2.22. The molecule has 3 aromatic rings. The van der Waals surface area contributed by atoms with Crippen molar-refractivity contribution in [1.82, 2.24) is 19.1 Å². The van der Waals surface area contributed by atoms with Crippen molar-refractivity contribution in [2.24, 2.45) is 7.05 Å². The summed E-state index contributed by atoms with van der Waals surface area (Å²) in [5, 5.41) is 13.3. The maximum absolute atomic E-state index is 13.0. The van der Waals surface area contributed by atoms with Gasteiger partial charge >= 0.3 is 0 Å². The molecule has 1 aliphatic rings. The van der Waals surface area contributed by atoms with Crippen LogP contribution in [0.1, 0.15) is 30.7 Å². The van der Waals surface area contributed by atoms with Gasteiger partial charge in [0, 0.05) is 13.6 Å². The summed E-state index contributed by atoms with van der Waals surface area (Å²) in [5.74, 6) is 1.21. The first-order valence-corrected chi connectivity index (χ1v) is 8.97. The number of benzene rings is 1. The summed E-state index contributed by atoms with van der Waals surface area (Å²) < 4.78 is 3.42. The van der Waals surface area contributed by atoms with Gasteiger partial charge in [-0.05, 0) is 31.7 Å². The van der Waals surface area contributed by atoms with E-state index in [2.05, 4.69) is 15.3 Å². The fourth-order valence-electron chi connectivity index (χ4n) is 3.63. The van der Waals surface area contributed by atoms with Gasteiger partial charge in [0.05, 0.1) is 12.1 Å². The Kier molecular flexibility index (Phi) is 4.24. The Balaban J connectivity index is 1.76. The van der Waals surface area contributed by atoms with E-state index in [-0.39, 0.29) is 11.6 Å². The van der Waals surface area contributed by atoms with Gasteiger partial charge in [-0.15, -0.1) is 0 Å². The molecule has 2 heterocycles. The Labute approximate surface area is 151 Å². The van der Waals surface area contributed by atoms with Gasteiger partial charge in [0.1, 0.15) is 5.82 Å². The molecule has 0 bridgehead atoms. The molecule has 0 saturated heterocycles. The highest BCUT2D eigenvalue weighted by atomic mass is 16.3. The van der Waals surface area contributed by atoms with Gasteiger partial charge < -0.3 is 15.0 Å². The first kappa shape index (κ1) is 16.8. The molecule has 2 aromatic heterocycles. The molecule has 2 N–H and O–H groups in total. The summed E-state index contributed by atoms with van der Waals surface area (Å²) in [6, 6.07) is 9.92. The van der Waals surface area contributed by atoms with E-state index < -0.39 is 6.10 Å². The quantitative estimate of drug-likeness (QED) is 0.747. The van der Waals surface area contributed by atoms with E-state index >= 15 is 0 Å². The van der Waals surface area contributed by atoms with Crippen LogP contribution >= 0.6 is 0 Å². The van der Waals surface area contributed by atoms with E-state index in [1.54, 1.807) is 7.05 Å². The summed E-state index contributed by atoms with van der Waals surface area (Å²) in [6.07, 6.45) is 2.22. The Bertz CT molecular complexity index is 993. The number of nitrogens with zero attached hydrogens (tertiary/aromatic N) is 4. The fourth-order valence-corrected chi connectivity index (χ4v) is 3.63. The molecule has 0 aliphatic heterocycles. The first-order valence-electron chi connectivity index (χ1n) is 8.97. The number of anilines is 1. The minimum absolute atomic E-state index is 0.0712. The number of rotatable bonds is 4. The van der Waals surface area contributed by atoms with Crippen LogP contribution in [-0.4, -0.2) is 36.4 Å². The van der Waals surface area contributed by atoms with E-state index in [9.17, 15) is 9.90 Å². The summed E-state index contributed by atoms with van der Waals surface area (Å²) in [4.78, 5) is 22.1. The predicted molar refractivity (Wildman–Crippen MR) is 100 cm³/mol. The van der Waals surface area contributed by atoms with Gasteiger partial charge in [0.2, 0.25) is 5.95 Å². The summed E-state index contributed by atoms with van der Waals surface area (Å²) in [6.45, 7) is 2.46. The van der Waals surface area contributed by atoms with Crippen LogP contribution in [0.4, 0.5) is 5.95 Å². The molecule has 0 amide bonds. The topological polar surface area (TPSA) is 85.0 Å². The summed E-state index contributed by atoms with van der Waals surface area (Å²) >= 11 is 0. The Hall–Kier alpha value is -2.67. The smallest absolute Gasteiger partial charge is 0.280 e. The van der Waals surface area contributed by atoms with E-state index in [1.165, 1.54) is 4.57 Å². The average Bonchev–Trinajstić information content (AvgIpc) is 3.17. The van der Waals surface area contributed by atoms with Crippen LogP contribution < -0.4 is 10.9 Å². The number of aliphatic hydroxyl groups is 1. The molecule has 1 fully saturated rings. The Morgan fingerprint density at radius 2 is 2.00 bits per heavy atom. The van der Waals surface area contributed by atoms with Gasteiger partial charge in [-0.25, -0.2) is 4.98 Å². The lowest BCUT2D eigenvalue weighted by Gasteiger charge is -2.18. The number of imidazole rings is 1. The number of hydrogen-bond acceptors (Lipinski definition) is 5. The third-order valence-corrected chi connectivity index (χ3v) is 5.15. The maximum atomic E-state index is 13.0. The van der Waals surface area contributed by atoms with E-state index in [4.69, 9.17) is 0 Å². The zero-order valence-corrected chi connectivity index (χ0v) is 15.0. The molecule has 2 atom stereocenters. The number of nitrogens with one attached hydrogen (secondary N) is 1. The monoisotopic (exact) mass is 353 g/mol. The third-order valence-electron chi connectivity index (χ3n) is 5.15. The lowest BCUT2D eigenvalue weighted by Crippen LogP contribution is -2.32. The number of fused-ring (bicyclic) bond motifs is 1. The van der Waals surface area contributed by atoms with Crippen molar-refractivity contribution < 1.29 is 5.11 Å². The molecule has 0 radical (unpaired) electrons. The highest BCUT2D eigenvalue weighted by molar-refractivity contribution is 5.72. The maximum Gasteiger partial charge on any atom is 0.280 e. The molecule has 136 valence electrons. The van der Waals surface area contributed by atoms with Crippen LogP contribution in [0.3, 0.4) is 0 Å². The highest BCUT2D eigenvalue weighted by Gasteiger charge is 2.27. The number of hydrogen-bond donors (Lipinski definition) is 2. The average molecular weight is 353 g/mol. The molecule has 7 heteroatoms. The zero-order valence-electron chi connectivity index (χ0n) is 15.0. The fraction of sp³-hybridized carbons (Fsp3) is 0.421. The van der Waals surface area contributed by atoms with Gasteiger partial charge in [0.15, 0.2) is 11.2 Å². The first-order chi connectivity index (χ1) is 12.5. The minimum Gasteiger partial charge on any atom is -0.391 e. The van der Waals surface area contributed by atoms with Crippen LogP contribution in [0, 0.1) is 6.92 Å². The molecule has 1 saturated carbocycles. The standard InChI is InChI=1S/C19H23N5O2/c1-12-20-17-16(24(12)11-13-7-4-3-5-8-13)18(26)23(2)19(22-17)21-14-9-6-10-15(14)25/h3-5,7-8,14-15,25H,6,9-11H2,1-2H3,(H,21,22). The Morgan fingerprint density at radius 3 is 2.69 bits per heavy atom. The second kappa shape index (κ2) is 6.57. The lowest BCUT2D eigenvalue weighted by molar-refractivity contribution is 0.171. The van der Waals surface area contributed by atoms with Crippen molar-refractivity contribution in [2.75, 3.05) is 5.32 Å². The molecule has 26 heavy (non-hydrogen) atoms. The van der Waals surface area contributed by atoms with Crippen molar-refractivity contribution in [3.8, 4) is 0 Å². The second-order valence-corrected chi connectivity index (χ2v) is 6.95. The van der Waals surface area contributed by atoms with Crippen LogP contribution in [-0.2, 0) is 13.6 Å². The number of aryl methyl sites for hydroxylation is 1. The van der Waals surface area contributed by atoms with Crippen LogP contribution in [0.5, 0.6) is 0 Å². The number of aromatic nitrogens is 4. The van der Waals surface area contributed by atoms with E-state index in [0.29, 0.717) is 23.7 Å². The molecule has 7 nitrogen and oxygen atoms in total. The number of aliphatic hydroxyl groups excluding tert-OH is 1. The minimum atomic E-state index is -0.403. The van der Waals surface area contributed by atoms with Gasteiger partial charge in [0.25, 0.3) is 5.56 Å². The largest absolute Gasteiger partial charge is 0.391 e. The van der Waals surface area contributed by atoms with Crippen LogP contribution in [0.15, 0.2) is 35.1 Å². The van der Waals surface area contributed by atoms with Gasteiger partial charge in [-0.2, -0.15) is 4.98 Å². The van der Waals surface area contributed by atoms with Crippen LogP contribution in [0.25, 0.3) is 11.2 Å². The zero-order chi connectivity index (χ0) is 18.3. The molecule has 1 aliphatic carbocycles. The molecular formula is C19H23N5O2. The van der Waals surface area contributed by atoms with E-state index in [0.717, 1.165) is 30.7 Å². The van der Waals surface area contributed by atoms with Crippen molar-refractivity contribution >= 4 is 17.1 Å². The molecule has 1 aromatic carbocycles. The van der Waals surface area contributed by atoms with Crippen molar-refractivity contribution in [3.63, 3.8) is 0 Å². The lowest BCUT2D eigenvalue weighted by atomic mass is 10.2. The van der Waals surface area contributed by atoms with Crippen LogP contribution in [0.2, 0.25) is 0 Å². The summed E-state index contributed by atoms with van der Waals surface area (Å²) in [5.41, 5.74) is 1.91. The van der Waals surface area contributed by atoms with Crippen molar-refractivity contribution in [3.05, 3.63) is 52.1 Å². The van der Waals surface area contributed by atoms with Gasteiger partial charge in [-0.3, -0.25) is 9.36 Å². The molecule has 0 spiro atoms. The normalized spacial score (nSPS) is 20.0. The third kappa shape index (κ3) is 2.88. The molecule has 4 rings (SSSR count). The Morgan fingerprint density at radius 1 is 1.23 bits per heavy atom. The second-order valence-electron chi connectivity index (χ2n) is 6.95. The van der Waals surface area contributed by atoms with E-state index in [1.807, 2.05) is 41.8 Å². The van der Waals surface area contributed by atoms with Gasteiger partial charge in [-0.1, -0.05) is 30.3 Å². The van der Waals surface area contributed by atoms with Crippen molar-refractivity contribution in [1.29, 1.82) is 0 Å². The van der Waals surface area contributed by atoms with Crippen molar-refractivity contribution in [2.45, 2.75) is 44.9 Å². The SMILES string of the molecule is Cc1nc2nc(NC3CCCC3O)n(C)c(=O)c2n1Cc1ccccc1. The predicted octanol–water partition coefficient (Wildman–Crippen LogP) is 1.81. The molecular weight excluding hydrogens is 330 g/mol. The summed E-state index contributed by atoms with van der Waals surface area (Å²) in [7, 11) is 1.70. The molecule has 2 unspecified atom stereocenters.